The largest absolute Gasteiger partial charge is 0.494 e. The molecule has 6 heteroatoms. The standard InChI is InChI=1S/C66H82B2O4/c1-39(2)23-27-65(28-24-40(3)4)55-35-49-47-21-17-19-43-31-46(68-71-63(13,14)64(15,16)72-68)34-54(59(43)47)52(49)38-58(55)66(29-25-41(5)6,30-26-42(7)8)56-36-50-48-22-18-20-44-32-45(67-69-61(9,10)62(11,12)70-67)33-53(60(44)48)51(50)37-57(56)65/h17-22,31-42H,23-30H2,1-16H3. The quantitative estimate of drug-likeness (QED) is 0.102. The van der Waals surface area contributed by atoms with Gasteiger partial charge >= 0.3 is 14.2 Å². The number of hydrogen-bond donors (Lipinski definition) is 0. The van der Waals surface area contributed by atoms with E-state index in [0.717, 1.165) is 62.3 Å². The summed E-state index contributed by atoms with van der Waals surface area (Å²) in [7, 11) is -0.875. The highest BCUT2D eigenvalue weighted by Crippen LogP contribution is 2.63. The normalized spacial score (nSPS) is 19.9. The zero-order valence-electron chi connectivity index (χ0n) is 46.8. The first kappa shape index (κ1) is 50.0. The van der Waals surface area contributed by atoms with E-state index in [0.29, 0.717) is 23.7 Å². The Morgan fingerprint density at radius 2 is 0.625 bits per heavy atom. The minimum atomic E-state index is -0.438. The second-order valence-corrected chi connectivity index (χ2v) is 26.9. The monoisotopic (exact) mass is 961 g/mol. The van der Waals surface area contributed by atoms with Crippen LogP contribution in [0.5, 0.6) is 0 Å². The molecule has 0 saturated carbocycles. The van der Waals surface area contributed by atoms with Crippen molar-refractivity contribution in [2.75, 3.05) is 0 Å². The van der Waals surface area contributed by atoms with Gasteiger partial charge in [-0.05, 0) is 254 Å². The summed E-state index contributed by atoms with van der Waals surface area (Å²) in [5.41, 5.74) is 17.3. The molecule has 2 saturated heterocycles. The van der Waals surface area contributed by atoms with Crippen LogP contribution in [-0.4, -0.2) is 36.6 Å². The van der Waals surface area contributed by atoms with Gasteiger partial charge in [0.1, 0.15) is 0 Å². The van der Waals surface area contributed by atoms with Crippen LogP contribution in [0.1, 0.15) is 184 Å². The second kappa shape index (κ2) is 17.2. The summed E-state index contributed by atoms with van der Waals surface area (Å²) in [6.45, 7) is 36.8. The highest BCUT2D eigenvalue weighted by Gasteiger charge is 2.55. The Kier molecular flexibility index (Phi) is 11.9. The number of fused-ring (bicyclic) bond motifs is 8. The van der Waals surface area contributed by atoms with E-state index in [2.05, 4.69) is 196 Å². The van der Waals surface area contributed by atoms with E-state index >= 15 is 0 Å². The molecule has 6 aromatic carbocycles. The van der Waals surface area contributed by atoms with Crippen LogP contribution in [0.2, 0.25) is 0 Å². The van der Waals surface area contributed by atoms with E-state index in [4.69, 9.17) is 18.6 Å². The number of benzene rings is 6. The molecule has 3 aliphatic carbocycles. The van der Waals surface area contributed by atoms with E-state index in [-0.39, 0.29) is 10.8 Å². The summed E-state index contributed by atoms with van der Waals surface area (Å²) in [5, 5.41) is 5.24. The third-order valence-corrected chi connectivity index (χ3v) is 19.2. The van der Waals surface area contributed by atoms with Gasteiger partial charge in [-0.2, -0.15) is 0 Å². The van der Waals surface area contributed by atoms with Crippen molar-refractivity contribution in [2.45, 2.75) is 195 Å². The van der Waals surface area contributed by atoms with Gasteiger partial charge < -0.3 is 18.6 Å². The molecular formula is C66H82B2O4. The van der Waals surface area contributed by atoms with E-state index in [9.17, 15) is 0 Å². The van der Waals surface area contributed by atoms with Crippen molar-refractivity contribution in [3.05, 3.63) is 107 Å². The molecule has 0 radical (unpaired) electrons. The molecule has 2 heterocycles. The molecule has 0 atom stereocenters. The van der Waals surface area contributed by atoms with Gasteiger partial charge in [-0.25, -0.2) is 0 Å². The maximum Gasteiger partial charge on any atom is 0.494 e. The highest BCUT2D eigenvalue weighted by atomic mass is 16.7. The van der Waals surface area contributed by atoms with Crippen molar-refractivity contribution in [1.29, 1.82) is 0 Å². The lowest BCUT2D eigenvalue weighted by molar-refractivity contribution is 0.00578. The van der Waals surface area contributed by atoms with Crippen molar-refractivity contribution in [3.63, 3.8) is 0 Å². The SMILES string of the molecule is CC(C)CCC1(CCC(C)C)c2cc3c(cc2C(CCC(C)C)(CCC(C)C)c2cc4c(cc21)-c1cc(B2OC(C)(C)C(C)(C)O2)cc2cccc-4c12)-c1cc(B2OC(C)(C)C(C)(C)O2)cc2cccc-3c12. The molecule has 11 rings (SSSR count). The van der Waals surface area contributed by atoms with Crippen molar-refractivity contribution >= 4 is 46.7 Å². The summed E-state index contributed by atoms with van der Waals surface area (Å²) in [6, 6.07) is 34.5. The summed E-state index contributed by atoms with van der Waals surface area (Å²) in [4.78, 5) is 0. The lowest BCUT2D eigenvalue weighted by atomic mass is 9.51. The Labute approximate surface area is 434 Å². The Morgan fingerprint density at radius 1 is 0.347 bits per heavy atom. The van der Waals surface area contributed by atoms with E-state index in [1.54, 1.807) is 22.3 Å². The summed E-state index contributed by atoms with van der Waals surface area (Å²) >= 11 is 0. The minimum Gasteiger partial charge on any atom is -0.399 e. The molecule has 2 fully saturated rings. The first-order chi connectivity index (χ1) is 33.9. The topological polar surface area (TPSA) is 36.9 Å². The van der Waals surface area contributed by atoms with Crippen LogP contribution in [0.15, 0.2) is 84.9 Å². The molecule has 6 aromatic rings. The molecule has 376 valence electrons. The second-order valence-electron chi connectivity index (χ2n) is 26.9. The summed E-state index contributed by atoms with van der Waals surface area (Å²) in [6.07, 6.45) is 9.07. The molecule has 0 aromatic heterocycles. The van der Waals surface area contributed by atoms with Crippen LogP contribution in [0.3, 0.4) is 0 Å². The molecule has 0 amide bonds. The van der Waals surface area contributed by atoms with Crippen LogP contribution in [0, 0.1) is 23.7 Å². The number of hydrogen-bond acceptors (Lipinski definition) is 4. The first-order valence-electron chi connectivity index (χ1n) is 28.1. The highest BCUT2D eigenvalue weighted by molar-refractivity contribution is 6.63. The maximum absolute atomic E-state index is 6.79. The predicted molar refractivity (Wildman–Crippen MR) is 306 cm³/mol. The minimum absolute atomic E-state index is 0.198. The van der Waals surface area contributed by atoms with Crippen LogP contribution >= 0.6 is 0 Å². The zero-order valence-corrected chi connectivity index (χ0v) is 46.8. The lowest BCUT2D eigenvalue weighted by Crippen LogP contribution is -2.44. The predicted octanol–water partition coefficient (Wildman–Crippen LogP) is 16.5. The van der Waals surface area contributed by atoms with Gasteiger partial charge in [-0.1, -0.05) is 116 Å². The van der Waals surface area contributed by atoms with E-state index in [1.807, 2.05) is 0 Å². The average molecular weight is 961 g/mol. The van der Waals surface area contributed by atoms with Crippen molar-refractivity contribution < 1.29 is 18.6 Å². The molecule has 72 heavy (non-hydrogen) atoms. The van der Waals surface area contributed by atoms with Crippen LogP contribution < -0.4 is 10.9 Å². The van der Waals surface area contributed by atoms with E-state index < -0.39 is 36.6 Å². The van der Waals surface area contributed by atoms with Crippen molar-refractivity contribution in [2.24, 2.45) is 23.7 Å². The van der Waals surface area contributed by atoms with Crippen LogP contribution in [-0.2, 0) is 29.4 Å². The average Bonchev–Trinajstić information content (AvgIpc) is 3.95. The van der Waals surface area contributed by atoms with E-state index in [1.165, 1.54) is 66.1 Å². The first-order valence-corrected chi connectivity index (χ1v) is 28.1. The van der Waals surface area contributed by atoms with Crippen LogP contribution in [0.25, 0.3) is 66.1 Å². The molecule has 2 aliphatic heterocycles. The Morgan fingerprint density at radius 3 is 0.903 bits per heavy atom. The van der Waals surface area contributed by atoms with Gasteiger partial charge in [0.15, 0.2) is 0 Å². The van der Waals surface area contributed by atoms with Gasteiger partial charge in [0.2, 0.25) is 0 Å². The molecular weight excluding hydrogens is 878 g/mol. The number of rotatable bonds is 14. The summed E-state index contributed by atoms with van der Waals surface area (Å²) in [5.74, 6) is 2.27. The van der Waals surface area contributed by atoms with Gasteiger partial charge in [-0.3, -0.25) is 0 Å². The Balaban J connectivity index is 1.21. The molecule has 5 aliphatic rings. The Bertz CT molecular complexity index is 2880. The van der Waals surface area contributed by atoms with Crippen LogP contribution in [0.4, 0.5) is 0 Å². The van der Waals surface area contributed by atoms with Crippen molar-refractivity contribution in [3.8, 4) is 44.5 Å². The van der Waals surface area contributed by atoms with Crippen molar-refractivity contribution in [1.82, 2.24) is 0 Å². The van der Waals surface area contributed by atoms with Gasteiger partial charge in [0.25, 0.3) is 0 Å². The Hall–Kier alpha value is -4.19. The van der Waals surface area contributed by atoms with Gasteiger partial charge in [-0.15, -0.1) is 0 Å². The third kappa shape index (κ3) is 7.67. The molecule has 4 nitrogen and oxygen atoms in total. The zero-order chi connectivity index (χ0) is 51.2. The van der Waals surface area contributed by atoms with Gasteiger partial charge in [0, 0.05) is 10.8 Å². The smallest absolute Gasteiger partial charge is 0.399 e. The third-order valence-electron chi connectivity index (χ3n) is 19.2. The molecule has 0 spiro atoms. The fraction of sp³-hybridized carbons (Fsp3) is 0.515. The molecule has 0 bridgehead atoms. The fourth-order valence-corrected chi connectivity index (χ4v) is 13.4. The summed E-state index contributed by atoms with van der Waals surface area (Å²) < 4.78 is 27.2. The molecule has 0 N–H and O–H groups in total. The maximum atomic E-state index is 6.79. The fourth-order valence-electron chi connectivity index (χ4n) is 13.4. The lowest BCUT2D eigenvalue weighted by Gasteiger charge is -2.52. The van der Waals surface area contributed by atoms with Gasteiger partial charge in [0.05, 0.1) is 22.4 Å². The molecule has 0 unspecified atom stereocenters.